The van der Waals surface area contributed by atoms with E-state index < -0.39 is 6.10 Å². The van der Waals surface area contributed by atoms with Crippen LogP contribution in [0, 0.1) is 0 Å². The van der Waals surface area contributed by atoms with Crippen molar-refractivity contribution in [3.8, 4) is 17.0 Å². The number of hydrogen-bond acceptors (Lipinski definition) is 6. The van der Waals surface area contributed by atoms with Crippen LogP contribution in [0.4, 0.5) is 5.69 Å². The van der Waals surface area contributed by atoms with Gasteiger partial charge in [-0.05, 0) is 43.3 Å². The van der Waals surface area contributed by atoms with Gasteiger partial charge in [-0.1, -0.05) is 23.4 Å². The molecule has 7 heteroatoms. The van der Waals surface area contributed by atoms with Gasteiger partial charge in [0.15, 0.2) is 0 Å². The molecule has 3 aromatic rings. The van der Waals surface area contributed by atoms with E-state index in [0.717, 1.165) is 24.3 Å². The van der Waals surface area contributed by atoms with Crippen LogP contribution in [-0.2, 0) is 0 Å². The summed E-state index contributed by atoms with van der Waals surface area (Å²) in [4.78, 5) is 17.2. The van der Waals surface area contributed by atoms with Gasteiger partial charge in [-0.25, -0.2) is 0 Å². The summed E-state index contributed by atoms with van der Waals surface area (Å²) in [6.07, 6.45) is -0.891. The maximum Gasteiger partial charge on any atom is 0.293 e. The molecule has 1 amide bonds. The quantitative estimate of drug-likeness (QED) is 0.699. The number of aromatic nitrogens is 1. The number of anilines is 1. The highest BCUT2D eigenvalue weighted by molar-refractivity contribution is 5.95. The van der Waals surface area contributed by atoms with E-state index in [4.69, 9.17) is 9.26 Å². The van der Waals surface area contributed by atoms with Crippen molar-refractivity contribution in [1.82, 2.24) is 10.1 Å². The minimum Gasteiger partial charge on any atom is -0.497 e. The van der Waals surface area contributed by atoms with E-state index in [-0.39, 0.29) is 11.7 Å². The number of nitrogens with zero attached hydrogens (tertiary/aromatic N) is 3. The van der Waals surface area contributed by atoms with E-state index in [1.807, 2.05) is 30.3 Å². The number of aliphatic hydroxyl groups excluding tert-OH is 1. The highest BCUT2D eigenvalue weighted by Crippen LogP contribution is 2.32. The van der Waals surface area contributed by atoms with E-state index in [2.05, 4.69) is 22.2 Å². The minimum absolute atomic E-state index is 0.101. The van der Waals surface area contributed by atoms with Crippen LogP contribution >= 0.6 is 0 Å². The molecule has 1 aliphatic heterocycles. The summed E-state index contributed by atoms with van der Waals surface area (Å²) < 4.78 is 10.6. The van der Waals surface area contributed by atoms with E-state index in [9.17, 15) is 9.90 Å². The van der Waals surface area contributed by atoms with Gasteiger partial charge in [-0.15, -0.1) is 0 Å². The normalized spacial score (nSPS) is 15.2. The number of rotatable bonds is 5. The highest BCUT2D eigenvalue weighted by Gasteiger charge is 2.31. The molecule has 30 heavy (non-hydrogen) atoms. The molecule has 2 aromatic carbocycles. The molecule has 1 aliphatic rings. The predicted octanol–water partition coefficient (Wildman–Crippen LogP) is 3.37. The molecule has 0 radical (unpaired) electrons. The van der Waals surface area contributed by atoms with Gasteiger partial charge in [0, 0.05) is 37.4 Å². The topological polar surface area (TPSA) is 79.0 Å². The molecule has 2 heterocycles. The van der Waals surface area contributed by atoms with E-state index in [1.54, 1.807) is 31.1 Å². The van der Waals surface area contributed by atoms with Crippen molar-refractivity contribution in [1.29, 1.82) is 0 Å². The fourth-order valence-electron chi connectivity index (χ4n) is 3.75. The molecule has 0 saturated carbocycles. The van der Waals surface area contributed by atoms with Crippen LogP contribution in [-0.4, -0.2) is 54.4 Å². The van der Waals surface area contributed by atoms with Gasteiger partial charge in [0.25, 0.3) is 5.91 Å². The molecule has 0 spiro atoms. The third-order valence-corrected chi connectivity index (χ3v) is 5.39. The standard InChI is InChI=1S/C23H25N3O4/c1-16(27)20-21(17-8-10-19(29-2)11-9-17)24-30-22(20)23(28)26-14-12-25(13-15-26)18-6-4-3-5-7-18/h3-11,16,27H,12-15H2,1-2H3/t16-/m0/s1. The molecular weight excluding hydrogens is 382 g/mol. The van der Waals surface area contributed by atoms with E-state index >= 15 is 0 Å². The van der Waals surface area contributed by atoms with Crippen LogP contribution in [0.15, 0.2) is 59.1 Å². The summed E-state index contributed by atoms with van der Waals surface area (Å²) in [7, 11) is 1.60. The van der Waals surface area contributed by atoms with Crippen LogP contribution in [0.5, 0.6) is 5.75 Å². The van der Waals surface area contributed by atoms with Gasteiger partial charge in [0.2, 0.25) is 5.76 Å². The molecule has 1 saturated heterocycles. The molecular formula is C23H25N3O4. The van der Waals surface area contributed by atoms with Gasteiger partial charge in [-0.2, -0.15) is 0 Å². The second-order valence-corrected chi connectivity index (χ2v) is 7.29. The Hall–Kier alpha value is -3.32. The Balaban J connectivity index is 1.54. The van der Waals surface area contributed by atoms with Crippen LogP contribution in [0.2, 0.25) is 0 Å². The molecule has 1 aromatic heterocycles. The van der Waals surface area contributed by atoms with Crippen molar-refractivity contribution in [3.05, 3.63) is 65.9 Å². The second-order valence-electron chi connectivity index (χ2n) is 7.29. The molecule has 0 aliphatic carbocycles. The third-order valence-electron chi connectivity index (χ3n) is 5.39. The van der Waals surface area contributed by atoms with Crippen LogP contribution < -0.4 is 9.64 Å². The Bertz CT molecular complexity index is 991. The second kappa shape index (κ2) is 8.59. The van der Waals surface area contributed by atoms with Gasteiger partial charge in [0.05, 0.1) is 18.8 Å². The molecule has 4 rings (SSSR count). The van der Waals surface area contributed by atoms with Crippen LogP contribution in [0.25, 0.3) is 11.3 Å². The Labute approximate surface area is 175 Å². The van der Waals surface area contributed by atoms with Gasteiger partial charge in [-0.3, -0.25) is 4.79 Å². The lowest BCUT2D eigenvalue weighted by molar-refractivity contribution is 0.0696. The summed E-state index contributed by atoms with van der Waals surface area (Å²) in [6, 6.07) is 17.4. The Morgan fingerprint density at radius 2 is 1.73 bits per heavy atom. The molecule has 0 bridgehead atoms. The van der Waals surface area contributed by atoms with E-state index in [1.165, 1.54) is 0 Å². The molecule has 1 atom stereocenters. The Morgan fingerprint density at radius 3 is 2.33 bits per heavy atom. The maximum absolute atomic E-state index is 13.2. The summed E-state index contributed by atoms with van der Waals surface area (Å²) in [5.41, 5.74) is 2.79. The molecule has 156 valence electrons. The third kappa shape index (κ3) is 3.89. The predicted molar refractivity (Wildman–Crippen MR) is 114 cm³/mol. The number of carbonyl (C=O) groups is 1. The minimum atomic E-state index is -0.891. The van der Waals surface area contributed by atoms with Crippen molar-refractivity contribution in [2.24, 2.45) is 0 Å². The first-order valence-corrected chi connectivity index (χ1v) is 10.00. The number of para-hydroxylation sites is 1. The van der Waals surface area contributed by atoms with Crippen molar-refractivity contribution >= 4 is 11.6 Å². The van der Waals surface area contributed by atoms with Gasteiger partial charge < -0.3 is 24.2 Å². The highest BCUT2D eigenvalue weighted by atomic mass is 16.5. The molecule has 7 nitrogen and oxygen atoms in total. The van der Waals surface area contributed by atoms with E-state index in [0.29, 0.717) is 30.1 Å². The number of carbonyl (C=O) groups excluding carboxylic acids is 1. The lowest BCUT2D eigenvalue weighted by Crippen LogP contribution is -2.48. The number of benzene rings is 2. The molecule has 1 N–H and O–H groups in total. The number of amides is 1. The van der Waals surface area contributed by atoms with Crippen molar-refractivity contribution in [2.75, 3.05) is 38.2 Å². The first kappa shape index (κ1) is 20.0. The Kier molecular flexibility index (Phi) is 5.72. The number of ether oxygens (including phenoxy) is 1. The summed E-state index contributed by atoms with van der Waals surface area (Å²) >= 11 is 0. The van der Waals surface area contributed by atoms with Crippen molar-refractivity contribution < 1.29 is 19.2 Å². The fourth-order valence-corrected chi connectivity index (χ4v) is 3.75. The molecule has 0 unspecified atom stereocenters. The lowest BCUT2D eigenvalue weighted by Gasteiger charge is -2.35. The number of aliphatic hydroxyl groups is 1. The number of hydrogen-bond donors (Lipinski definition) is 1. The SMILES string of the molecule is COc1ccc(-c2noc(C(=O)N3CCN(c4ccccc4)CC3)c2[C@H](C)O)cc1. The zero-order chi connectivity index (χ0) is 21.1. The zero-order valence-electron chi connectivity index (χ0n) is 17.1. The van der Waals surface area contributed by atoms with Gasteiger partial charge >= 0.3 is 0 Å². The van der Waals surface area contributed by atoms with Crippen molar-refractivity contribution in [3.63, 3.8) is 0 Å². The number of piperazine rings is 1. The van der Waals surface area contributed by atoms with Gasteiger partial charge in [0.1, 0.15) is 11.4 Å². The maximum atomic E-state index is 13.2. The molecule has 1 fully saturated rings. The van der Waals surface area contributed by atoms with Crippen LogP contribution in [0.3, 0.4) is 0 Å². The summed E-state index contributed by atoms with van der Waals surface area (Å²) in [6.45, 7) is 4.24. The smallest absolute Gasteiger partial charge is 0.293 e. The Morgan fingerprint density at radius 1 is 1.07 bits per heavy atom. The zero-order valence-corrected chi connectivity index (χ0v) is 17.1. The summed E-state index contributed by atoms with van der Waals surface area (Å²) in [5.74, 6) is 0.572. The average Bonchev–Trinajstić information content (AvgIpc) is 3.25. The monoisotopic (exact) mass is 407 g/mol. The first-order valence-electron chi connectivity index (χ1n) is 10.00. The summed E-state index contributed by atoms with van der Waals surface area (Å²) in [5, 5.41) is 14.5. The first-order chi connectivity index (χ1) is 14.6. The fraction of sp³-hybridized carbons (Fsp3) is 0.304. The lowest BCUT2D eigenvalue weighted by atomic mass is 10.0. The average molecular weight is 407 g/mol. The van der Waals surface area contributed by atoms with Crippen LogP contribution in [0.1, 0.15) is 29.1 Å². The largest absolute Gasteiger partial charge is 0.497 e. The number of methoxy groups -OCH3 is 1. The van der Waals surface area contributed by atoms with Crippen molar-refractivity contribution in [2.45, 2.75) is 13.0 Å².